The highest BCUT2D eigenvalue weighted by atomic mass is 16.5. The first-order valence-electron chi connectivity index (χ1n) is 8.34. The Labute approximate surface area is 138 Å². The number of rotatable bonds is 8. The van der Waals surface area contributed by atoms with Gasteiger partial charge in [0.05, 0.1) is 12.2 Å². The number of hydrogen-bond acceptors (Lipinski definition) is 4. The largest absolute Gasteiger partial charge is 0.491 e. The molecule has 0 aliphatic carbocycles. The molecule has 1 heterocycles. The van der Waals surface area contributed by atoms with Crippen molar-refractivity contribution in [3.05, 3.63) is 29.8 Å². The van der Waals surface area contributed by atoms with Gasteiger partial charge in [-0.3, -0.25) is 9.69 Å². The topological polar surface area (TPSA) is 53.0 Å². The van der Waals surface area contributed by atoms with Crippen LogP contribution in [0, 0.1) is 0 Å². The highest BCUT2D eigenvalue weighted by Gasteiger charge is 2.23. The van der Waals surface area contributed by atoms with Crippen LogP contribution in [0.5, 0.6) is 5.75 Å². The van der Waals surface area contributed by atoms with Crippen LogP contribution in [0.15, 0.2) is 24.3 Å². The molecule has 0 spiro atoms. The first kappa shape index (κ1) is 17.8. The van der Waals surface area contributed by atoms with Crippen molar-refractivity contribution in [2.45, 2.75) is 45.4 Å². The van der Waals surface area contributed by atoms with Crippen LogP contribution >= 0.6 is 0 Å². The van der Waals surface area contributed by atoms with Crippen LogP contribution in [-0.4, -0.2) is 59.7 Å². The molecule has 5 heteroatoms. The van der Waals surface area contributed by atoms with Crippen LogP contribution in [0.25, 0.3) is 0 Å². The monoisotopic (exact) mass is 320 g/mol. The van der Waals surface area contributed by atoms with E-state index in [0.717, 1.165) is 30.8 Å². The van der Waals surface area contributed by atoms with E-state index in [1.807, 2.05) is 39.1 Å². The van der Waals surface area contributed by atoms with Gasteiger partial charge in [0.2, 0.25) is 5.91 Å². The van der Waals surface area contributed by atoms with Crippen molar-refractivity contribution in [2.75, 3.05) is 26.7 Å². The molecule has 1 saturated heterocycles. The highest BCUT2D eigenvalue weighted by molar-refractivity contribution is 5.78. The number of ether oxygens (including phenoxy) is 1. The quantitative estimate of drug-likeness (QED) is 0.795. The number of carbonyl (C=O) groups is 1. The van der Waals surface area contributed by atoms with Crippen LogP contribution in [0.1, 0.15) is 32.3 Å². The molecule has 1 aliphatic heterocycles. The molecular formula is C18H28N2O3. The summed E-state index contributed by atoms with van der Waals surface area (Å²) in [5, 5.41) is 10.2. The minimum absolute atomic E-state index is 0.155. The van der Waals surface area contributed by atoms with Gasteiger partial charge in [0, 0.05) is 32.6 Å². The van der Waals surface area contributed by atoms with Gasteiger partial charge in [-0.15, -0.1) is 0 Å². The van der Waals surface area contributed by atoms with E-state index in [4.69, 9.17) is 4.74 Å². The Balaban J connectivity index is 1.81. The summed E-state index contributed by atoms with van der Waals surface area (Å²) in [5.74, 6) is 1.03. The average molecular weight is 320 g/mol. The maximum atomic E-state index is 11.6. The summed E-state index contributed by atoms with van der Waals surface area (Å²) in [5.41, 5.74) is 1.15. The van der Waals surface area contributed by atoms with Gasteiger partial charge in [-0.2, -0.15) is 0 Å². The van der Waals surface area contributed by atoms with E-state index in [1.54, 1.807) is 4.90 Å². The number of β-amino-alcohol motifs (C(OH)–C–C–N with tert-alkyl or cyclic N) is 1. The lowest BCUT2D eigenvalue weighted by Gasteiger charge is -2.24. The Morgan fingerprint density at radius 1 is 1.39 bits per heavy atom. The van der Waals surface area contributed by atoms with Gasteiger partial charge >= 0.3 is 0 Å². The van der Waals surface area contributed by atoms with Gasteiger partial charge < -0.3 is 14.7 Å². The minimum atomic E-state index is -0.517. The van der Waals surface area contributed by atoms with Gasteiger partial charge in [-0.25, -0.2) is 0 Å². The first-order valence-corrected chi connectivity index (χ1v) is 8.34. The van der Waals surface area contributed by atoms with Gasteiger partial charge in [-0.1, -0.05) is 12.1 Å². The van der Waals surface area contributed by atoms with Crippen molar-refractivity contribution >= 4 is 5.91 Å². The van der Waals surface area contributed by atoms with Gasteiger partial charge in [0.15, 0.2) is 0 Å². The van der Waals surface area contributed by atoms with Crippen molar-refractivity contribution < 1.29 is 14.6 Å². The zero-order chi connectivity index (χ0) is 16.8. The molecule has 1 unspecified atom stereocenters. The summed E-state index contributed by atoms with van der Waals surface area (Å²) in [4.78, 5) is 15.4. The predicted octanol–water partition coefficient (Wildman–Crippen LogP) is 1.89. The molecule has 2 rings (SSSR count). The highest BCUT2D eigenvalue weighted by Crippen LogP contribution is 2.16. The van der Waals surface area contributed by atoms with Crippen molar-refractivity contribution in [2.24, 2.45) is 0 Å². The molecule has 1 aromatic rings. The van der Waals surface area contributed by atoms with Crippen molar-refractivity contribution in [3.8, 4) is 5.75 Å². The normalized spacial score (nSPS) is 16.4. The Hall–Kier alpha value is -1.59. The second-order valence-electron chi connectivity index (χ2n) is 6.61. The first-order chi connectivity index (χ1) is 10.9. The summed E-state index contributed by atoms with van der Waals surface area (Å²) >= 11 is 0. The maximum Gasteiger partial charge on any atom is 0.222 e. The Kier molecular flexibility index (Phi) is 6.42. The molecule has 1 aromatic carbocycles. The molecule has 1 aliphatic rings. The molecule has 0 saturated carbocycles. The van der Waals surface area contributed by atoms with E-state index in [2.05, 4.69) is 11.0 Å². The Morgan fingerprint density at radius 3 is 2.83 bits per heavy atom. The van der Waals surface area contributed by atoms with Gasteiger partial charge in [0.25, 0.3) is 0 Å². The predicted molar refractivity (Wildman–Crippen MR) is 90.4 cm³/mol. The standard InChI is InChI=1S/C18H28N2O3/c1-14(2)23-17-7-4-6-15(10-17)11-19(3)12-16(21)13-20-9-5-8-18(20)22/h4,6-7,10,14,16,21H,5,8-9,11-13H2,1-3H3. The number of aliphatic hydroxyl groups is 1. The van der Waals surface area contributed by atoms with Crippen molar-refractivity contribution in [1.29, 1.82) is 0 Å². The van der Waals surface area contributed by atoms with Crippen LogP contribution < -0.4 is 4.74 Å². The third-order valence-corrected chi connectivity index (χ3v) is 3.85. The average Bonchev–Trinajstić information content (AvgIpc) is 2.83. The summed E-state index contributed by atoms with van der Waals surface area (Å²) in [6.07, 6.45) is 1.16. The lowest BCUT2D eigenvalue weighted by atomic mass is 10.2. The van der Waals surface area contributed by atoms with E-state index in [0.29, 0.717) is 19.5 Å². The van der Waals surface area contributed by atoms with Gasteiger partial charge in [-0.05, 0) is 45.0 Å². The van der Waals surface area contributed by atoms with Crippen LogP contribution in [-0.2, 0) is 11.3 Å². The number of nitrogens with zero attached hydrogens (tertiary/aromatic N) is 2. The molecule has 0 aromatic heterocycles. The van der Waals surface area contributed by atoms with E-state index in [9.17, 15) is 9.90 Å². The fourth-order valence-corrected chi connectivity index (χ4v) is 2.93. The second kappa shape index (κ2) is 8.31. The van der Waals surface area contributed by atoms with E-state index >= 15 is 0 Å². The zero-order valence-corrected chi connectivity index (χ0v) is 14.4. The Bertz CT molecular complexity index is 519. The lowest BCUT2D eigenvalue weighted by molar-refractivity contribution is -0.129. The van der Waals surface area contributed by atoms with Crippen LogP contribution in [0.2, 0.25) is 0 Å². The number of hydrogen-bond donors (Lipinski definition) is 1. The third-order valence-electron chi connectivity index (χ3n) is 3.85. The van der Waals surface area contributed by atoms with E-state index in [-0.39, 0.29) is 12.0 Å². The van der Waals surface area contributed by atoms with E-state index in [1.165, 1.54) is 0 Å². The second-order valence-corrected chi connectivity index (χ2v) is 6.61. The fourth-order valence-electron chi connectivity index (χ4n) is 2.93. The van der Waals surface area contributed by atoms with E-state index < -0.39 is 6.10 Å². The summed E-state index contributed by atoms with van der Waals surface area (Å²) in [6, 6.07) is 8.03. The minimum Gasteiger partial charge on any atom is -0.491 e. The SMILES string of the molecule is CC(C)Oc1cccc(CN(C)CC(O)CN2CCCC2=O)c1. The molecule has 5 nitrogen and oxygen atoms in total. The smallest absolute Gasteiger partial charge is 0.222 e. The van der Waals surface area contributed by atoms with Gasteiger partial charge in [0.1, 0.15) is 5.75 Å². The number of likely N-dealkylation sites (N-methyl/N-ethyl adjacent to an activating group) is 1. The molecule has 1 N–H and O–H groups in total. The molecule has 1 amide bonds. The third kappa shape index (κ3) is 5.84. The molecular weight excluding hydrogens is 292 g/mol. The van der Waals surface area contributed by atoms with Crippen molar-refractivity contribution in [1.82, 2.24) is 9.80 Å². The number of likely N-dealkylation sites (tertiary alicyclic amines) is 1. The summed E-state index contributed by atoms with van der Waals surface area (Å²) < 4.78 is 5.71. The molecule has 1 atom stereocenters. The number of benzene rings is 1. The number of aliphatic hydroxyl groups excluding tert-OH is 1. The fraction of sp³-hybridized carbons (Fsp3) is 0.611. The molecule has 1 fully saturated rings. The summed E-state index contributed by atoms with van der Waals surface area (Å²) in [6.45, 7) is 6.50. The van der Waals surface area contributed by atoms with Crippen molar-refractivity contribution in [3.63, 3.8) is 0 Å². The molecule has 128 valence electrons. The lowest BCUT2D eigenvalue weighted by Crippen LogP contribution is -2.39. The van der Waals surface area contributed by atoms with Crippen LogP contribution in [0.4, 0.5) is 0 Å². The molecule has 0 bridgehead atoms. The number of carbonyl (C=O) groups excluding carboxylic acids is 1. The summed E-state index contributed by atoms with van der Waals surface area (Å²) in [7, 11) is 1.98. The maximum absolute atomic E-state index is 11.6. The Morgan fingerprint density at radius 2 is 2.17 bits per heavy atom. The molecule has 0 radical (unpaired) electrons. The van der Waals surface area contributed by atoms with Crippen LogP contribution in [0.3, 0.4) is 0 Å². The molecule has 23 heavy (non-hydrogen) atoms. The zero-order valence-electron chi connectivity index (χ0n) is 14.4. The number of amides is 1.